The molecule has 0 radical (unpaired) electrons. The van der Waals surface area contributed by atoms with Gasteiger partial charge in [-0.1, -0.05) is 13.0 Å². The van der Waals surface area contributed by atoms with Crippen molar-refractivity contribution in [2.24, 2.45) is 0 Å². The van der Waals surface area contributed by atoms with Crippen molar-refractivity contribution in [2.75, 3.05) is 0 Å². The van der Waals surface area contributed by atoms with Crippen LogP contribution in [0.2, 0.25) is 0 Å². The van der Waals surface area contributed by atoms with Gasteiger partial charge in [-0.3, -0.25) is 0 Å². The van der Waals surface area contributed by atoms with Crippen molar-refractivity contribution in [2.45, 2.75) is 19.3 Å². The molecular weight excluding hydrogens is 134 g/mol. The molecule has 0 saturated heterocycles. The van der Waals surface area contributed by atoms with E-state index in [0.717, 1.165) is 12.0 Å². The molecule has 54 valence electrons. The molecule has 2 rings (SSSR count). The molecule has 1 heteroatoms. The fourth-order valence-electron chi connectivity index (χ4n) is 1.66. The summed E-state index contributed by atoms with van der Waals surface area (Å²) >= 11 is 0. The van der Waals surface area contributed by atoms with Crippen LogP contribution in [0, 0.1) is 11.3 Å². The molecule has 2 bridgehead atoms. The van der Waals surface area contributed by atoms with Gasteiger partial charge in [-0.05, 0) is 35.6 Å². The van der Waals surface area contributed by atoms with Gasteiger partial charge in [-0.25, -0.2) is 0 Å². The van der Waals surface area contributed by atoms with Crippen molar-refractivity contribution in [3.05, 3.63) is 34.9 Å². The zero-order valence-corrected chi connectivity index (χ0v) is 6.46. The van der Waals surface area contributed by atoms with Crippen LogP contribution in [0.15, 0.2) is 18.2 Å². The summed E-state index contributed by atoms with van der Waals surface area (Å²) in [6.45, 7) is 2.20. The molecule has 1 aromatic rings. The van der Waals surface area contributed by atoms with Gasteiger partial charge in [0, 0.05) is 0 Å². The summed E-state index contributed by atoms with van der Waals surface area (Å²) in [5, 5.41) is 8.65. The van der Waals surface area contributed by atoms with Crippen LogP contribution >= 0.6 is 0 Å². The first kappa shape index (κ1) is 6.42. The lowest BCUT2D eigenvalue weighted by Gasteiger charge is -1.97. The zero-order valence-electron chi connectivity index (χ0n) is 6.46. The Morgan fingerprint density at radius 1 is 1.45 bits per heavy atom. The number of hydrogen-bond donors (Lipinski definition) is 0. The average molecular weight is 143 g/mol. The van der Waals surface area contributed by atoms with E-state index in [-0.39, 0.29) is 0 Å². The Labute approximate surface area is 66.3 Å². The fraction of sp³-hybridized carbons (Fsp3) is 0.300. The number of benzene rings is 1. The molecule has 0 aliphatic heterocycles. The lowest BCUT2D eigenvalue weighted by atomic mass is 10.1. The molecule has 1 aliphatic carbocycles. The maximum atomic E-state index is 8.65. The maximum Gasteiger partial charge on any atom is 0.0991 e. The lowest BCUT2D eigenvalue weighted by Crippen LogP contribution is -1.85. The molecule has 0 amide bonds. The van der Waals surface area contributed by atoms with Gasteiger partial charge < -0.3 is 0 Å². The van der Waals surface area contributed by atoms with E-state index in [1.807, 2.05) is 12.1 Å². The number of fused-ring (bicyclic) bond motifs is 2. The highest BCUT2D eigenvalue weighted by Gasteiger charge is 2.15. The van der Waals surface area contributed by atoms with Gasteiger partial charge in [0.25, 0.3) is 0 Å². The number of nitrogens with zero attached hydrogens (tertiary/aromatic N) is 1. The Morgan fingerprint density at radius 3 is 2.91 bits per heavy atom. The van der Waals surface area contributed by atoms with Gasteiger partial charge in [-0.15, -0.1) is 0 Å². The van der Waals surface area contributed by atoms with Crippen molar-refractivity contribution in [3.63, 3.8) is 0 Å². The second-order valence-corrected chi connectivity index (χ2v) is 3.18. The number of nitriles is 1. The van der Waals surface area contributed by atoms with Gasteiger partial charge in [0.2, 0.25) is 0 Å². The Hall–Kier alpha value is -1.29. The van der Waals surface area contributed by atoms with E-state index in [2.05, 4.69) is 19.1 Å². The van der Waals surface area contributed by atoms with Crippen molar-refractivity contribution in [1.82, 2.24) is 0 Å². The van der Waals surface area contributed by atoms with E-state index in [4.69, 9.17) is 5.26 Å². The highest BCUT2D eigenvalue weighted by atomic mass is 14.3. The van der Waals surface area contributed by atoms with E-state index in [1.54, 1.807) is 0 Å². The molecular formula is C10H9N. The van der Waals surface area contributed by atoms with Crippen LogP contribution in [0.3, 0.4) is 0 Å². The minimum atomic E-state index is 0.618. The largest absolute Gasteiger partial charge is 0.192 e. The van der Waals surface area contributed by atoms with Crippen LogP contribution in [0.5, 0.6) is 0 Å². The highest BCUT2D eigenvalue weighted by molar-refractivity contribution is 5.43. The minimum Gasteiger partial charge on any atom is -0.192 e. The maximum absolute atomic E-state index is 8.65. The molecule has 11 heavy (non-hydrogen) atoms. The van der Waals surface area contributed by atoms with Gasteiger partial charge in [0.05, 0.1) is 11.6 Å². The molecule has 0 heterocycles. The Bertz CT molecular complexity index is 333. The summed E-state index contributed by atoms with van der Waals surface area (Å²) in [6, 6.07) is 8.32. The quantitative estimate of drug-likeness (QED) is 0.546. The molecule has 1 aliphatic rings. The molecule has 0 fully saturated rings. The van der Waals surface area contributed by atoms with Crippen LogP contribution in [-0.2, 0) is 6.42 Å². The van der Waals surface area contributed by atoms with E-state index >= 15 is 0 Å². The van der Waals surface area contributed by atoms with Crippen LogP contribution in [0.4, 0.5) is 0 Å². The molecule has 1 aromatic carbocycles. The summed E-state index contributed by atoms with van der Waals surface area (Å²) in [6.07, 6.45) is 1.11. The normalized spacial score (nSPS) is 19.8. The van der Waals surface area contributed by atoms with Crippen LogP contribution in [0.25, 0.3) is 0 Å². The fourth-order valence-corrected chi connectivity index (χ4v) is 1.66. The Morgan fingerprint density at radius 2 is 2.27 bits per heavy atom. The zero-order chi connectivity index (χ0) is 7.84. The predicted molar refractivity (Wildman–Crippen MR) is 43.3 cm³/mol. The Kier molecular flexibility index (Phi) is 1.22. The molecule has 0 aromatic heterocycles. The summed E-state index contributed by atoms with van der Waals surface area (Å²) in [5.41, 5.74) is 3.44. The second-order valence-electron chi connectivity index (χ2n) is 3.18. The van der Waals surface area contributed by atoms with E-state index in [1.165, 1.54) is 11.1 Å². The monoisotopic (exact) mass is 143 g/mol. The predicted octanol–water partition coefficient (Wildman–Crippen LogP) is 2.22. The van der Waals surface area contributed by atoms with Crippen LogP contribution in [-0.4, -0.2) is 0 Å². The topological polar surface area (TPSA) is 23.8 Å². The first-order valence-corrected chi connectivity index (χ1v) is 3.83. The van der Waals surface area contributed by atoms with Crippen LogP contribution < -0.4 is 0 Å². The van der Waals surface area contributed by atoms with Crippen LogP contribution in [0.1, 0.15) is 29.5 Å². The first-order chi connectivity index (χ1) is 5.29. The van der Waals surface area contributed by atoms with E-state index < -0.39 is 0 Å². The van der Waals surface area contributed by atoms with E-state index in [9.17, 15) is 0 Å². The summed E-state index contributed by atoms with van der Waals surface area (Å²) in [5.74, 6) is 0.618. The smallest absolute Gasteiger partial charge is 0.0991 e. The van der Waals surface area contributed by atoms with Gasteiger partial charge in [0.15, 0.2) is 0 Å². The average Bonchev–Trinajstić information content (AvgIpc) is 2.26. The standard InChI is InChI=1S/C10H9N/c1-7-2-8-3-9(6-11)5-10(7)4-8/h3-5,7H,2H2,1H3. The van der Waals surface area contributed by atoms with Crippen molar-refractivity contribution >= 4 is 0 Å². The molecule has 1 unspecified atom stereocenters. The SMILES string of the molecule is CC1Cc2cc(C#N)cc1c2. The number of hydrogen-bond acceptors (Lipinski definition) is 1. The third-order valence-corrected chi connectivity index (χ3v) is 2.26. The molecule has 0 spiro atoms. The summed E-state index contributed by atoms with van der Waals surface area (Å²) < 4.78 is 0. The highest BCUT2D eigenvalue weighted by Crippen LogP contribution is 2.29. The van der Waals surface area contributed by atoms with Gasteiger partial charge in [0.1, 0.15) is 0 Å². The third-order valence-electron chi connectivity index (χ3n) is 2.26. The molecule has 1 nitrogen and oxygen atoms in total. The first-order valence-electron chi connectivity index (χ1n) is 3.83. The van der Waals surface area contributed by atoms with Crippen molar-refractivity contribution in [1.29, 1.82) is 5.26 Å². The van der Waals surface area contributed by atoms with Gasteiger partial charge in [-0.2, -0.15) is 5.26 Å². The van der Waals surface area contributed by atoms with Gasteiger partial charge >= 0.3 is 0 Å². The van der Waals surface area contributed by atoms with E-state index in [0.29, 0.717) is 5.92 Å². The third kappa shape index (κ3) is 0.914. The minimum absolute atomic E-state index is 0.618. The number of rotatable bonds is 0. The molecule has 1 atom stereocenters. The summed E-state index contributed by atoms with van der Waals surface area (Å²) in [7, 11) is 0. The molecule has 0 saturated carbocycles. The lowest BCUT2D eigenvalue weighted by molar-refractivity contribution is 0.802. The molecule has 0 N–H and O–H groups in total. The Balaban J connectivity index is 2.57. The van der Waals surface area contributed by atoms with Crippen molar-refractivity contribution in [3.8, 4) is 6.07 Å². The summed E-state index contributed by atoms with van der Waals surface area (Å²) in [4.78, 5) is 0. The van der Waals surface area contributed by atoms with Crippen molar-refractivity contribution < 1.29 is 0 Å². The second kappa shape index (κ2) is 2.10.